The molecular formula is C29H25N2O. The molecule has 1 aromatic heterocycles. The summed E-state index contributed by atoms with van der Waals surface area (Å²) in [6.07, 6.45) is 1.81. The minimum Gasteiger partial charge on any atom is -0.366 e. The molecule has 1 heterocycles. The standard InChI is InChI=1S/C29H25N2O/c1-2-20-15-16-24-27(18-20)31(26-14-8-13-25(28(24)26)29(30)32)19-23-12-7-6-11-22(23)17-21-9-4-3-5-10-21/h3-15,18H,2,17,19H2,1H3,(H2,30,32). The molecule has 0 aliphatic carbocycles. The molecule has 0 unspecified atom stereocenters. The maximum Gasteiger partial charge on any atom is 0.249 e. The predicted molar refractivity (Wildman–Crippen MR) is 131 cm³/mol. The Hall–Kier alpha value is -3.85. The van der Waals surface area contributed by atoms with Gasteiger partial charge in [-0.3, -0.25) is 4.79 Å². The molecule has 157 valence electrons. The zero-order valence-electron chi connectivity index (χ0n) is 18.1. The van der Waals surface area contributed by atoms with E-state index in [1.165, 1.54) is 22.3 Å². The maximum absolute atomic E-state index is 12.2. The summed E-state index contributed by atoms with van der Waals surface area (Å²) in [5, 5.41) is 1.84. The number of nitrogens with two attached hydrogens (primary N) is 1. The number of aromatic nitrogens is 1. The Kier molecular flexibility index (Phi) is 5.24. The highest BCUT2D eigenvalue weighted by Crippen LogP contribution is 2.33. The highest BCUT2D eigenvalue weighted by molar-refractivity contribution is 6.17. The molecule has 32 heavy (non-hydrogen) atoms. The van der Waals surface area contributed by atoms with Crippen LogP contribution in [0, 0.1) is 6.07 Å². The van der Waals surface area contributed by atoms with E-state index in [1.807, 2.05) is 18.2 Å². The molecule has 0 aliphatic heterocycles. The van der Waals surface area contributed by atoms with Crippen LogP contribution in [0.4, 0.5) is 0 Å². The van der Waals surface area contributed by atoms with Gasteiger partial charge in [-0.1, -0.05) is 73.7 Å². The van der Waals surface area contributed by atoms with Gasteiger partial charge in [0.15, 0.2) is 0 Å². The summed E-state index contributed by atoms with van der Waals surface area (Å²) in [7, 11) is 0. The van der Waals surface area contributed by atoms with Crippen molar-refractivity contribution in [3.63, 3.8) is 0 Å². The quantitative estimate of drug-likeness (QED) is 0.368. The highest BCUT2D eigenvalue weighted by Gasteiger charge is 2.17. The summed E-state index contributed by atoms with van der Waals surface area (Å²) in [4.78, 5) is 12.2. The van der Waals surface area contributed by atoms with E-state index >= 15 is 0 Å². The van der Waals surface area contributed by atoms with Crippen LogP contribution in [0.5, 0.6) is 0 Å². The number of primary amides is 1. The third-order valence-electron chi connectivity index (χ3n) is 6.21. The van der Waals surface area contributed by atoms with E-state index in [0.29, 0.717) is 12.1 Å². The Labute approximate surface area is 188 Å². The monoisotopic (exact) mass is 417 g/mol. The molecule has 5 aromatic rings. The Morgan fingerprint density at radius 1 is 0.875 bits per heavy atom. The fourth-order valence-corrected chi connectivity index (χ4v) is 4.55. The Morgan fingerprint density at radius 2 is 1.62 bits per heavy atom. The summed E-state index contributed by atoms with van der Waals surface area (Å²) in [5.74, 6) is -0.410. The number of carbonyl (C=O) groups excluding carboxylic acids is 1. The van der Waals surface area contributed by atoms with Crippen LogP contribution < -0.4 is 5.73 Å². The molecule has 0 saturated heterocycles. The fourth-order valence-electron chi connectivity index (χ4n) is 4.55. The number of amides is 1. The molecule has 2 N–H and O–H groups in total. The van der Waals surface area contributed by atoms with Crippen molar-refractivity contribution in [1.29, 1.82) is 0 Å². The number of fused-ring (bicyclic) bond motifs is 3. The van der Waals surface area contributed by atoms with Gasteiger partial charge in [-0.2, -0.15) is 0 Å². The average Bonchev–Trinajstić information content (AvgIpc) is 3.13. The van der Waals surface area contributed by atoms with Gasteiger partial charge in [-0.05, 0) is 59.4 Å². The first kappa shape index (κ1) is 20.1. The minimum atomic E-state index is -0.410. The molecule has 1 radical (unpaired) electrons. The van der Waals surface area contributed by atoms with E-state index in [0.717, 1.165) is 34.6 Å². The SMILES string of the molecule is CCc1c[c]c2c3c(C(N)=O)cccc3n(Cc3ccccc3Cc3ccccc3)c2c1. The van der Waals surface area contributed by atoms with Crippen LogP contribution in [0.1, 0.15) is 39.5 Å². The molecule has 0 saturated carbocycles. The van der Waals surface area contributed by atoms with E-state index < -0.39 is 5.91 Å². The van der Waals surface area contributed by atoms with Gasteiger partial charge >= 0.3 is 0 Å². The normalized spacial score (nSPS) is 11.3. The summed E-state index contributed by atoms with van der Waals surface area (Å²) < 4.78 is 2.30. The van der Waals surface area contributed by atoms with Gasteiger partial charge in [-0.15, -0.1) is 0 Å². The lowest BCUT2D eigenvalue weighted by Gasteiger charge is -2.13. The van der Waals surface area contributed by atoms with Gasteiger partial charge in [0, 0.05) is 22.9 Å². The number of rotatable bonds is 6. The largest absolute Gasteiger partial charge is 0.366 e. The van der Waals surface area contributed by atoms with E-state index in [4.69, 9.17) is 5.73 Å². The van der Waals surface area contributed by atoms with Crippen molar-refractivity contribution >= 4 is 27.7 Å². The first-order valence-corrected chi connectivity index (χ1v) is 11.0. The van der Waals surface area contributed by atoms with Crippen LogP contribution in [0.25, 0.3) is 21.8 Å². The predicted octanol–water partition coefficient (Wildman–Crippen LogP) is 5.90. The highest BCUT2D eigenvalue weighted by atomic mass is 16.1. The van der Waals surface area contributed by atoms with Gasteiger partial charge in [0.2, 0.25) is 5.91 Å². The summed E-state index contributed by atoms with van der Waals surface area (Å²) in [5.41, 5.74) is 13.5. The van der Waals surface area contributed by atoms with Gasteiger partial charge in [-0.25, -0.2) is 0 Å². The minimum absolute atomic E-state index is 0.410. The molecule has 5 rings (SSSR count). The van der Waals surface area contributed by atoms with E-state index in [9.17, 15) is 4.79 Å². The maximum atomic E-state index is 12.2. The topological polar surface area (TPSA) is 48.0 Å². The molecule has 0 fully saturated rings. The lowest BCUT2D eigenvalue weighted by Crippen LogP contribution is -2.11. The first-order chi connectivity index (χ1) is 15.7. The van der Waals surface area contributed by atoms with Crippen LogP contribution in [0.3, 0.4) is 0 Å². The van der Waals surface area contributed by atoms with Crippen molar-refractivity contribution in [3.05, 3.63) is 119 Å². The molecule has 3 heteroatoms. The van der Waals surface area contributed by atoms with Gasteiger partial charge < -0.3 is 10.3 Å². The molecule has 4 aromatic carbocycles. The molecule has 0 atom stereocenters. The smallest absolute Gasteiger partial charge is 0.249 e. The van der Waals surface area contributed by atoms with Gasteiger partial charge in [0.25, 0.3) is 0 Å². The average molecular weight is 418 g/mol. The van der Waals surface area contributed by atoms with Crippen LogP contribution in [0.15, 0.2) is 84.9 Å². The first-order valence-electron chi connectivity index (χ1n) is 11.0. The third kappa shape index (κ3) is 3.56. The lowest BCUT2D eigenvalue weighted by atomic mass is 9.99. The molecular weight excluding hydrogens is 392 g/mol. The van der Waals surface area contributed by atoms with Crippen molar-refractivity contribution < 1.29 is 4.79 Å². The number of benzene rings is 4. The summed E-state index contributed by atoms with van der Waals surface area (Å²) >= 11 is 0. The number of nitrogens with zero attached hydrogens (tertiary/aromatic N) is 1. The van der Waals surface area contributed by atoms with Crippen molar-refractivity contribution in [2.24, 2.45) is 5.73 Å². The molecule has 3 nitrogen and oxygen atoms in total. The zero-order chi connectivity index (χ0) is 22.1. The van der Waals surface area contributed by atoms with Crippen molar-refractivity contribution in [3.8, 4) is 0 Å². The Balaban J connectivity index is 1.70. The Bertz CT molecular complexity index is 1430. The second kappa shape index (κ2) is 8.35. The van der Waals surface area contributed by atoms with Crippen LogP contribution in [-0.2, 0) is 19.4 Å². The molecule has 0 bridgehead atoms. The number of hydrogen-bond donors (Lipinski definition) is 1. The summed E-state index contributed by atoms with van der Waals surface area (Å²) in [6, 6.07) is 32.6. The van der Waals surface area contributed by atoms with Gasteiger partial charge in [0.05, 0.1) is 11.0 Å². The Morgan fingerprint density at radius 3 is 2.38 bits per heavy atom. The van der Waals surface area contributed by atoms with Crippen molar-refractivity contribution in [2.45, 2.75) is 26.3 Å². The fraction of sp³-hybridized carbons (Fsp3) is 0.138. The third-order valence-corrected chi connectivity index (χ3v) is 6.21. The number of aryl methyl sites for hydroxylation is 1. The second-order valence-corrected chi connectivity index (χ2v) is 8.20. The zero-order valence-corrected chi connectivity index (χ0v) is 18.1. The van der Waals surface area contributed by atoms with Crippen molar-refractivity contribution in [2.75, 3.05) is 0 Å². The van der Waals surface area contributed by atoms with Crippen molar-refractivity contribution in [1.82, 2.24) is 4.57 Å². The van der Waals surface area contributed by atoms with E-state index in [2.05, 4.69) is 78.2 Å². The summed E-state index contributed by atoms with van der Waals surface area (Å²) in [6.45, 7) is 2.86. The second-order valence-electron chi connectivity index (χ2n) is 8.20. The lowest BCUT2D eigenvalue weighted by molar-refractivity contribution is 0.100. The molecule has 0 spiro atoms. The van der Waals surface area contributed by atoms with Crippen LogP contribution >= 0.6 is 0 Å². The number of carbonyl (C=O) groups is 1. The van der Waals surface area contributed by atoms with E-state index in [1.54, 1.807) is 6.07 Å². The molecule has 1 amide bonds. The van der Waals surface area contributed by atoms with E-state index in [-0.39, 0.29) is 0 Å². The van der Waals surface area contributed by atoms with Crippen LogP contribution in [0.2, 0.25) is 0 Å². The number of hydrogen-bond acceptors (Lipinski definition) is 1. The molecule has 0 aliphatic rings. The van der Waals surface area contributed by atoms with Gasteiger partial charge in [0.1, 0.15) is 0 Å². The van der Waals surface area contributed by atoms with Crippen LogP contribution in [-0.4, -0.2) is 10.5 Å².